The highest BCUT2D eigenvalue weighted by molar-refractivity contribution is 5.97. The first-order valence-electron chi connectivity index (χ1n) is 5.53. The second kappa shape index (κ2) is 4.56. The van der Waals surface area contributed by atoms with Crippen molar-refractivity contribution in [1.82, 2.24) is 4.90 Å². The summed E-state index contributed by atoms with van der Waals surface area (Å²) >= 11 is 0. The molecule has 0 radical (unpaired) electrons. The second-order valence-corrected chi connectivity index (χ2v) is 4.28. The van der Waals surface area contributed by atoms with E-state index in [1.807, 2.05) is 0 Å². The first-order valence-corrected chi connectivity index (χ1v) is 5.53. The van der Waals surface area contributed by atoms with Gasteiger partial charge in [0.2, 0.25) is 0 Å². The van der Waals surface area contributed by atoms with E-state index >= 15 is 0 Å². The third-order valence-electron chi connectivity index (χ3n) is 3.04. The number of aliphatic carboxylic acids is 1. The topological polar surface area (TPSA) is 98.1 Å². The van der Waals surface area contributed by atoms with Crippen LogP contribution >= 0.6 is 0 Å². The molecule has 1 atom stereocenters. The van der Waals surface area contributed by atoms with Crippen molar-refractivity contribution in [2.45, 2.75) is 6.42 Å². The number of rotatable bonds is 2. The number of carboxylic acids is 1. The largest absolute Gasteiger partial charge is 0.508 e. The molecule has 1 unspecified atom stereocenters. The second-order valence-electron chi connectivity index (χ2n) is 4.28. The number of carboxylic acid groups (broad SMARTS) is 1. The van der Waals surface area contributed by atoms with E-state index in [1.165, 1.54) is 23.1 Å². The molecule has 3 N–H and O–H groups in total. The van der Waals surface area contributed by atoms with Crippen LogP contribution in [-0.4, -0.2) is 45.2 Å². The minimum absolute atomic E-state index is 0.0129. The van der Waals surface area contributed by atoms with Crippen molar-refractivity contribution < 1.29 is 24.9 Å². The van der Waals surface area contributed by atoms with Crippen LogP contribution in [0.4, 0.5) is 0 Å². The number of likely N-dealkylation sites (tertiary alicyclic amines) is 1. The smallest absolute Gasteiger partial charge is 0.308 e. The minimum Gasteiger partial charge on any atom is -0.508 e. The van der Waals surface area contributed by atoms with Gasteiger partial charge in [0.05, 0.1) is 11.5 Å². The number of aromatic hydroxyl groups is 2. The molecule has 1 saturated heterocycles. The van der Waals surface area contributed by atoms with Gasteiger partial charge in [0, 0.05) is 13.1 Å². The molecule has 0 aliphatic carbocycles. The monoisotopic (exact) mass is 251 g/mol. The van der Waals surface area contributed by atoms with Crippen molar-refractivity contribution in [1.29, 1.82) is 0 Å². The van der Waals surface area contributed by atoms with Crippen LogP contribution in [0, 0.1) is 5.92 Å². The summed E-state index contributed by atoms with van der Waals surface area (Å²) in [7, 11) is 0. The maximum Gasteiger partial charge on any atom is 0.308 e. The van der Waals surface area contributed by atoms with Crippen LogP contribution < -0.4 is 0 Å². The number of benzene rings is 1. The molecule has 1 aliphatic heterocycles. The highest BCUT2D eigenvalue weighted by Crippen LogP contribution is 2.26. The molecule has 1 amide bonds. The van der Waals surface area contributed by atoms with Crippen LogP contribution in [0.25, 0.3) is 0 Å². The minimum atomic E-state index is -0.926. The molecule has 2 rings (SSSR count). The molecule has 18 heavy (non-hydrogen) atoms. The Morgan fingerprint density at radius 3 is 2.61 bits per heavy atom. The Kier molecular flexibility index (Phi) is 3.10. The Hall–Kier alpha value is -2.24. The van der Waals surface area contributed by atoms with Gasteiger partial charge in [-0.05, 0) is 24.6 Å². The van der Waals surface area contributed by atoms with E-state index in [1.54, 1.807) is 0 Å². The molecule has 0 aromatic heterocycles. The zero-order chi connectivity index (χ0) is 13.3. The number of phenolic OH excluding ortho intramolecular Hbond substituents is 2. The first kappa shape index (κ1) is 12.2. The molecule has 96 valence electrons. The van der Waals surface area contributed by atoms with Crippen molar-refractivity contribution in [2.75, 3.05) is 13.1 Å². The van der Waals surface area contributed by atoms with E-state index in [4.69, 9.17) is 5.11 Å². The summed E-state index contributed by atoms with van der Waals surface area (Å²) in [6.45, 7) is 0.466. The molecule has 6 nitrogen and oxygen atoms in total. The van der Waals surface area contributed by atoms with Crippen LogP contribution in [0.1, 0.15) is 16.8 Å². The average molecular weight is 251 g/mol. The third kappa shape index (κ3) is 2.22. The number of nitrogens with zero attached hydrogens (tertiary/aromatic N) is 1. The lowest BCUT2D eigenvalue weighted by Gasteiger charge is -2.16. The standard InChI is InChI=1S/C12H13NO5/c14-8-1-2-10(15)9(5-8)11(16)13-4-3-7(6-13)12(17)18/h1-2,5,7,14-15H,3-4,6H2,(H,17,18). The van der Waals surface area contributed by atoms with Crippen molar-refractivity contribution in [3.05, 3.63) is 23.8 Å². The number of carbonyl (C=O) groups excluding carboxylic acids is 1. The number of hydrogen-bond donors (Lipinski definition) is 3. The fraction of sp³-hybridized carbons (Fsp3) is 0.333. The highest BCUT2D eigenvalue weighted by Gasteiger charge is 2.32. The van der Waals surface area contributed by atoms with Crippen molar-refractivity contribution in [2.24, 2.45) is 5.92 Å². The molecule has 1 heterocycles. The van der Waals surface area contributed by atoms with E-state index in [-0.39, 0.29) is 23.6 Å². The third-order valence-corrected chi connectivity index (χ3v) is 3.04. The van der Waals surface area contributed by atoms with Gasteiger partial charge in [0.15, 0.2) is 0 Å². The Morgan fingerprint density at radius 1 is 1.28 bits per heavy atom. The molecule has 1 aliphatic rings. The average Bonchev–Trinajstić information content (AvgIpc) is 2.81. The number of amides is 1. The van der Waals surface area contributed by atoms with Gasteiger partial charge in [-0.15, -0.1) is 0 Å². The lowest BCUT2D eigenvalue weighted by molar-refractivity contribution is -0.141. The lowest BCUT2D eigenvalue weighted by Crippen LogP contribution is -2.29. The molecular formula is C12H13NO5. The van der Waals surface area contributed by atoms with E-state index in [9.17, 15) is 19.8 Å². The van der Waals surface area contributed by atoms with Crippen LogP contribution in [0.5, 0.6) is 11.5 Å². The van der Waals surface area contributed by atoms with Gasteiger partial charge in [-0.2, -0.15) is 0 Å². The van der Waals surface area contributed by atoms with Gasteiger partial charge in [0.25, 0.3) is 5.91 Å². The molecule has 1 aromatic rings. The quantitative estimate of drug-likeness (QED) is 0.670. The summed E-state index contributed by atoms with van der Waals surface area (Å²) in [6, 6.07) is 3.68. The van der Waals surface area contributed by atoms with E-state index in [0.717, 1.165) is 0 Å². The molecule has 0 bridgehead atoms. The summed E-state index contributed by atoms with van der Waals surface area (Å²) in [4.78, 5) is 24.2. The van der Waals surface area contributed by atoms with Gasteiger partial charge in [0.1, 0.15) is 11.5 Å². The van der Waals surface area contributed by atoms with Crippen molar-refractivity contribution in [3.63, 3.8) is 0 Å². The Balaban J connectivity index is 2.17. The summed E-state index contributed by atoms with van der Waals surface area (Å²) in [5.74, 6) is -2.30. The van der Waals surface area contributed by atoms with Gasteiger partial charge in [-0.3, -0.25) is 9.59 Å². The summed E-state index contributed by atoms with van der Waals surface area (Å²) in [5, 5.41) is 27.7. The lowest BCUT2D eigenvalue weighted by atomic mass is 10.1. The maximum atomic E-state index is 12.1. The Bertz CT molecular complexity index is 499. The van der Waals surface area contributed by atoms with Crippen molar-refractivity contribution in [3.8, 4) is 11.5 Å². The van der Waals surface area contributed by atoms with E-state index in [0.29, 0.717) is 13.0 Å². The predicted molar refractivity (Wildman–Crippen MR) is 61.4 cm³/mol. The first-order chi connectivity index (χ1) is 8.49. The van der Waals surface area contributed by atoms with Crippen LogP contribution in [0.2, 0.25) is 0 Å². The Labute approximate surface area is 103 Å². The van der Waals surface area contributed by atoms with E-state index in [2.05, 4.69) is 0 Å². The van der Waals surface area contributed by atoms with Gasteiger partial charge < -0.3 is 20.2 Å². The van der Waals surface area contributed by atoms with Gasteiger partial charge >= 0.3 is 5.97 Å². The zero-order valence-electron chi connectivity index (χ0n) is 9.54. The number of carbonyl (C=O) groups is 2. The van der Waals surface area contributed by atoms with Crippen molar-refractivity contribution >= 4 is 11.9 Å². The number of phenols is 2. The molecule has 1 aromatic carbocycles. The molecular weight excluding hydrogens is 238 g/mol. The van der Waals surface area contributed by atoms with Crippen LogP contribution in [0.3, 0.4) is 0 Å². The fourth-order valence-electron chi connectivity index (χ4n) is 2.01. The summed E-state index contributed by atoms with van der Waals surface area (Å²) in [5.41, 5.74) is -0.0129. The Morgan fingerprint density at radius 2 is 2.00 bits per heavy atom. The van der Waals surface area contributed by atoms with Crippen LogP contribution in [-0.2, 0) is 4.79 Å². The fourth-order valence-corrected chi connectivity index (χ4v) is 2.01. The maximum absolute atomic E-state index is 12.1. The SMILES string of the molecule is O=C(O)C1CCN(C(=O)c2cc(O)ccc2O)C1. The molecule has 0 spiro atoms. The highest BCUT2D eigenvalue weighted by atomic mass is 16.4. The molecule has 0 saturated carbocycles. The zero-order valence-corrected chi connectivity index (χ0v) is 9.54. The van der Waals surface area contributed by atoms with Gasteiger partial charge in [-0.25, -0.2) is 0 Å². The normalized spacial score (nSPS) is 18.9. The molecule has 6 heteroatoms. The van der Waals surface area contributed by atoms with Gasteiger partial charge in [-0.1, -0.05) is 0 Å². The molecule has 1 fully saturated rings. The number of hydrogen-bond acceptors (Lipinski definition) is 4. The summed E-state index contributed by atoms with van der Waals surface area (Å²) in [6.07, 6.45) is 0.403. The van der Waals surface area contributed by atoms with Crippen LogP contribution in [0.15, 0.2) is 18.2 Å². The summed E-state index contributed by atoms with van der Waals surface area (Å²) < 4.78 is 0. The predicted octanol–water partition coefficient (Wildman–Crippen LogP) is 0.644. The van der Waals surface area contributed by atoms with E-state index < -0.39 is 17.8 Å².